The van der Waals surface area contributed by atoms with Crippen molar-refractivity contribution in [2.75, 3.05) is 80.8 Å². The smallest absolute Gasteiger partial charge is 0.416 e. The number of para-hydroxylation sites is 3. The maximum atomic E-state index is 12.7. The van der Waals surface area contributed by atoms with E-state index in [0.717, 1.165) is 59.3 Å². The molecule has 0 saturated heterocycles. The largest absolute Gasteiger partial charge is 0.778 e. The van der Waals surface area contributed by atoms with E-state index in [1.807, 2.05) is 62.5 Å². The van der Waals surface area contributed by atoms with Gasteiger partial charge in [-0.25, -0.2) is 9.59 Å². The first-order chi connectivity index (χ1) is 36.8. The number of nitro groups is 1. The van der Waals surface area contributed by atoms with Crippen LogP contribution in [0.3, 0.4) is 0 Å². The minimum Gasteiger partial charge on any atom is -0.778 e. The Bertz CT molecular complexity index is 2710. The number of aryl methyl sites for hydroxylation is 2. The van der Waals surface area contributed by atoms with Crippen LogP contribution in [-0.2, 0) is 61.4 Å². The first kappa shape index (κ1) is 71.6. The predicted octanol–water partition coefficient (Wildman–Crippen LogP) is 9.21. The molecule has 4 aromatic rings. The van der Waals surface area contributed by atoms with E-state index in [9.17, 15) is 56.7 Å². The quantitative estimate of drug-likeness (QED) is 0.0209. The molecular weight excluding hydrogens is 1170 g/mol. The van der Waals surface area contributed by atoms with Crippen LogP contribution in [0.5, 0.6) is 17.2 Å². The van der Waals surface area contributed by atoms with E-state index in [1.54, 1.807) is 16.9 Å². The van der Waals surface area contributed by atoms with Crippen molar-refractivity contribution >= 4 is 112 Å². The second-order valence-electron chi connectivity index (χ2n) is 16.7. The molecule has 3 N–H and O–H groups in total. The number of anilines is 2. The number of hydrogen-bond donors (Lipinski definition) is 3. The molecule has 0 aliphatic carbocycles. The number of rotatable bonds is 18. The van der Waals surface area contributed by atoms with Gasteiger partial charge in [-0.3, -0.25) is 29.8 Å². The Morgan fingerprint density at radius 1 is 1.01 bits per heavy atom. The summed E-state index contributed by atoms with van der Waals surface area (Å²) in [6.07, 6.45) is 2.15. The number of methoxy groups -OCH3 is 1. The molecule has 0 aromatic heterocycles. The van der Waals surface area contributed by atoms with Crippen molar-refractivity contribution in [2.24, 2.45) is 0 Å². The van der Waals surface area contributed by atoms with Crippen molar-refractivity contribution in [3.8, 4) is 17.2 Å². The molecule has 3 atom stereocenters. The average molecular weight is 1240 g/mol. The zero-order valence-electron chi connectivity index (χ0n) is 44.3. The summed E-state index contributed by atoms with van der Waals surface area (Å²) in [6.45, 7) is 9.25. The molecule has 0 spiro atoms. The number of esters is 2. The molecule has 20 nitrogen and oxygen atoms in total. The molecule has 1 aliphatic heterocycles. The van der Waals surface area contributed by atoms with Gasteiger partial charge >= 0.3 is 24.1 Å². The van der Waals surface area contributed by atoms with E-state index in [2.05, 4.69) is 36.5 Å². The van der Waals surface area contributed by atoms with Crippen molar-refractivity contribution in [2.45, 2.75) is 64.1 Å². The van der Waals surface area contributed by atoms with Crippen LogP contribution in [0.4, 0.5) is 30.2 Å². The molecule has 0 saturated carbocycles. The number of alkyl halides is 6. The average Bonchev–Trinajstić information content (AvgIpc) is 3.36. The molecule has 1 heterocycles. The lowest BCUT2D eigenvalue weighted by molar-refractivity contribution is -0.385. The van der Waals surface area contributed by atoms with Crippen LogP contribution in [-0.4, -0.2) is 133 Å². The highest BCUT2D eigenvalue weighted by Crippen LogP contribution is 2.38. The fourth-order valence-electron chi connectivity index (χ4n) is 6.56. The summed E-state index contributed by atoms with van der Waals surface area (Å²) >= 11 is 22.8. The zero-order valence-corrected chi connectivity index (χ0v) is 49.1. The maximum absolute atomic E-state index is 12.7. The van der Waals surface area contributed by atoms with Gasteiger partial charge in [0.15, 0.2) is 11.4 Å². The predicted molar refractivity (Wildman–Crippen MR) is 296 cm³/mol. The molecule has 2 amide bonds. The van der Waals surface area contributed by atoms with Gasteiger partial charge in [0.05, 0.1) is 83.8 Å². The highest BCUT2D eigenvalue weighted by atomic mass is 35.5. The number of fused-ring (bicyclic) bond motifs is 1. The summed E-state index contributed by atoms with van der Waals surface area (Å²) in [6, 6.07) is 18.7. The van der Waals surface area contributed by atoms with Gasteiger partial charge in [-0.05, 0) is 92.5 Å². The molecule has 29 heteroatoms. The third kappa shape index (κ3) is 25.7. The highest BCUT2D eigenvalue weighted by Gasteiger charge is 2.33. The molecular formula is C50H62Cl4F3N4O16PS. The molecule has 79 heavy (non-hydrogen) atoms. The Hall–Kier alpha value is -5.40. The lowest BCUT2D eigenvalue weighted by atomic mass is 10.0. The number of benzene rings is 4. The van der Waals surface area contributed by atoms with Crippen LogP contribution in [0.15, 0.2) is 78.9 Å². The highest BCUT2D eigenvalue weighted by molar-refractivity contribution is 7.94. The fraction of sp³-hybridized carbons (Fsp3) is 0.420. The van der Waals surface area contributed by atoms with Crippen molar-refractivity contribution < 1.29 is 85.2 Å². The van der Waals surface area contributed by atoms with Crippen LogP contribution in [0, 0.1) is 17.0 Å². The molecule has 0 radical (unpaired) electrons. The monoisotopic (exact) mass is 1230 g/mol. The Morgan fingerprint density at radius 2 is 1.65 bits per heavy atom. The van der Waals surface area contributed by atoms with Crippen molar-refractivity contribution in [3.63, 3.8) is 0 Å². The molecule has 438 valence electrons. The number of nitrogens with zero attached hydrogens (tertiary/aromatic N) is 3. The van der Waals surface area contributed by atoms with Crippen molar-refractivity contribution in [3.05, 3.63) is 116 Å². The first-order valence-electron chi connectivity index (χ1n) is 23.2. The van der Waals surface area contributed by atoms with Gasteiger partial charge in [-0.15, -0.1) is 11.6 Å². The van der Waals surface area contributed by atoms with Crippen LogP contribution < -0.4 is 29.5 Å². The van der Waals surface area contributed by atoms with Gasteiger partial charge in [0.2, 0.25) is 5.91 Å². The molecule has 5 rings (SSSR count). The summed E-state index contributed by atoms with van der Waals surface area (Å²) < 4.78 is 73.4. The van der Waals surface area contributed by atoms with Gasteiger partial charge < -0.3 is 52.9 Å². The van der Waals surface area contributed by atoms with Gasteiger partial charge in [0.25, 0.3) is 11.6 Å². The van der Waals surface area contributed by atoms with Crippen LogP contribution in [0.1, 0.15) is 54.7 Å². The number of aliphatic carboxylic acids is 1. The van der Waals surface area contributed by atoms with E-state index < -0.39 is 77.7 Å². The van der Waals surface area contributed by atoms with E-state index in [-0.39, 0.29) is 52.9 Å². The maximum Gasteiger partial charge on any atom is 0.416 e. The Morgan fingerprint density at radius 3 is 2.16 bits per heavy atom. The number of nitrogens with one attached hydrogen (secondary N) is 1. The Kier molecular flexibility index (Phi) is 32.1. The third-order valence-corrected chi connectivity index (χ3v) is 11.3. The van der Waals surface area contributed by atoms with Crippen LogP contribution in [0.25, 0.3) is 0 Å². The Labute approximate surface area is 478 Å². The molecule has 3 unspecified atom stereocenters. The number of halogens is 7. The molecule has 1 aliphatic rings. The summed E-state index contributed by atoms with van der Waals surface area (Å²) in [4.78, 5) is 87.9. The van der Waals surface area contributed by atoms with Crippen LogP contribution >= 0.6 is 54.0 Å². The number of hydrogen-bond acceptors (Lipinski definition) is 15. The van der Waals surface area contributed by atoms with E-state index in [0.29, 0.717) is 35.9 Å². The summed E-state index contributed by atoms with van der Waals surface area (Å²) in [5, 5.41) is 20.8. The van der Waals surface area contributed by atoms with Crippen molar-refractivity contribution in [1.29, 1.82) is 0 Å². The van der Waals surface area contributed by atoms with E-state index >= 15 is 0 Å². The number of carboxylic acid groups (broad SMARTS) is 1. The number of carboxylic acids is 1. The summed E-state index contributed by atoms with van der Waals surface area (Å²) in [7, 11) is -2.07. The van der Waals surface area contributed by atoms with Gasteiger partial charge in [0.1, 0.15) is 42.9 Å². The number of carbonyl (C=O) groups is 5. The fourth-order valence-corrected chi connectivity index (χ4v) is 7.51. The SMILES string of the molecule is CC1COc2ccccc2N1C(=O)C(Cl)Cl.CCOC(=O)COC(=O)c1cc(Oc2ccc(C(F)(F)F)cc2Cl)ccc1[N+](=O)[O-].CCc1cccc(C)c1N(C(=O)CCl)C(C)COC.C[S+](C)C.O=C(O)CNCP(=O)([O-])O. The van der Waals surface area contributed by atoms with E-state index in [1.165, 1.54) is 6.92 Å². The lowest BCUT2D eigenvalue weighted by Crippen LogP contribution is -2.47. The molecule has 4 aromatic carbocycles. The summed E-state index contributed by atoms with van der Waals surface area (Å²) in [5.74, 6) is -3.27. The second-order valence-corrected chi connectivity index (χ2v) is 22.5. The normalized spacial score (nSPS) is 13.5. The topological polar surface area (TPSA) is 274 Å². The first-order valence-corrected chi connectivity index (χ1v) is 29.2. The van der Waals surface area contributed by atoms with Crippen molar-refractivity contribution in [1.82, 2.24) is 5.32 Å². The van der Waals surface area contributed by atoms with Gasteiger partial charge in [-0.1, -0.05) is 72.1 Å². The van der Waals surface area contributed by atoms with E-state index in [4.69, 9.17) is 75.4 Å². The zero-order chi connectivity index (χ0) is 60.4. The number of nitro benzene ring substituents is 1. The molecule has 0 bridgehead atoms. The number of carbonyl (C=O) groups excluding carboxylic acids is 4. The lowest BCUT2D eigenvalue weighted by Gasteiger charge is -2.35. The minimum atomic E-state index is -4.61. The second kappa shape index (κ2) is 35.4. The minimum absolute atomic E-state index is 0.0223. The molecule has 0 fully saturated rings. The van der Waals surface area contributed by atoms with Gasteiger partial charge in [0, 0.05) is 19.2 Å². The summed E-state index contributed by atoms with van der Waals surface area (Å²) in [5.41, 5.74) is 1.77. The standard InChI is InChI=1S/C18H13ClF3NO7.C15H22ClNO2.C11H11Cl2NO2.C3H8NO5P.C3H9S/c1-2-28-16(24)9-29-17(25)12-8-11(4-5-14(12)23(26)27)30-15-6-3-10(7-13(15)19)18(20,21)22;1-5-13-8-6-7-11(2)15(13)17(14(18)9-16)12(3)10-19-4;1-7-6-16-9-5-3-2-4-8(9)14(7)11(15)10(12)13;5-3(6)1-4-2-10(7,8)9;1-4(2)3/h3-8H,2,9H2,1H3;6-8,12H,5,9-10H2,1-4H3;2-5,7,10H,6H2,1H3;4H,1-2H2,(H,5,6)(H2,7,8,9);1-3H3/q;;;;+1/p-1. The Balaban J connectivity index is 0.000000549. The number of ether oxygens (including phenoxy) is 5. The third-order valence-electron chi connectivity index (χ3n) is 9.73. The number of amides is 2. The van der Waals surface area contributed by atoms with Gasteiger partial charge in [-0.2, -0.15) is 13.2 Å². The van der Waals surface area contributed by atoms with Crippen LogP contribution in [0.2, 0.25) is 5.02 Å².